The number of nitrogens with zero attached hydrogens (tertiary/aromatic N) is 1. The van der Waals surface area contributed by atoms with E-state index in [1.54, 1.807) is 0 Å². The second-order valence-corrected chi connectivity index (χ2v) is 5.43. The zero-order valence-corrected chi connectivity index (χ0v) is 9.06. The SMILES string of the molecule is O=C(O)C1C2CCC(C2)C1N1CCCC1. The predicted molar refractivity (Wildman–Crippen MR) is 56.6 cm³/mol. The Morgan fingerprint density at radius 3 is 2.47 bits per heavy atom. The Morgan fingerprint density at radius 2 is 1.80 bits per heavy atom. The third-order valence-electron chi connectivity index (χ3n) is 4.72. The molecule has 3 heteroatoms. The number of hydrogen-bond donors (Lipinski definition) is 1. The summed E-state index contributed by atoms with van der Waals surface area (Å²) in [5.74, 6) is 0.577. The van der Waals surface area contributed by atoms with E-state index in [1.807, 2.05) is 0 Å². The summed E-state index contributed by atoms with van der Waals surface area (Å²) in [6, 6.07) is 0.378. The molecule has 0 aromatic rings. The summed E-state index contributed by atoms with van der Waals surface area (Å²) in [6.07, 6.45) is 6.14. The Balaban J connectivity index is 1.82. The van der Waals surface area contributed by atoms with Crippen molar-refractivity contribution in [2.75, 3.05) is 13.1 Å². The largest absolute Gasteiger partial charge is 0.481 e. The monoisotopic (exact) mass is 209 g/mol. The molecule has 2 bridgehead atoms. The number of carboxylic acid groups (broad SMARTS) is 1. The highest BCUT2D eigenvalue weighted by atomic mass is 16.4. The van der Waals surface area contributed by atoms with Gasteiger partial charge in [0.25, 0.3) is 0 Å². The molecule has 3 fully saturated rings. The minimum absolute atomic E-state index is 0.0538. The van der Waals surface area contributed by atoms with E-state index in [0.717, 1.165) is 19.5 Å². The molecule has 3 rings (SSSR count). The van der Waals surface area contributed by atoms with Gasteiger partial charge in [-0.2, -0.15) is 0 Å². The van der Waals surface area contributed by atoms with Crippen LogP contribution in [-0.4, -0.2) is 35.1 Å². The van der Waals surface area contributed by atoms with Gasteiger partial charge < -0.3 is 5.11 Å². The van der Waals surface area contributed by atoms with Gasteiger partial charge in [0.2, 0.25) is 0 Å². The molecule has 2 aliphatic carbocycles. The molecular formula is C12H19NO2. The molecule has 1 heterocycles. The van der Waals surface area contributed by atoms with Gasteiger partial charge in [0.15, 0.2) is 0 Å². The van der Waals surface area contributed by atoms with Crippen LogP contribution < -0.4 is 0 Å². The molecule has 15 heavy (non-hydrogen) atoms. The Hall–Kier alpha value is -0.570. The van der Waals surface area contributed by atoms with Gasteiger partial charge in [0.05, 0.1) is 5.92 Å². The van der Waals surface area contributed by atoms with Gasteiger partial charge in [0.1, 0.15) is 0 Å². The van der Waals surface area contributed by atoms with Crippen molar-refractivity contribution in [3.63, 3.8) is 0 Å². The number of likely N-dealkylation sites (tertiary alicyclic amines) is 1. The van der Waals surface area contributed by atoms with Crippen LogP contribution in [0, 0.1) is 17.8 Å². The molecule has 0 spiro atoms. The predicted octanol–water partition coefficient (Wildman–Crippen LogP) is 1.58. The molecular weight excluding hydrogens is 190 g/mol. The van der Waals surface area contributed by atoms with Crippen molar-refractivity contribution in [2.45, 2.75) is 38.1 Å². The fraction of sp³-hybridized carbons (Fsp3) is 0.917. The van der Waals surface area contributed by atoms with Crippen molar-refractivity contribution in [1.29, 1.82) is 0 Å². The first kappa shape index (κ1) is 9.64. The third-order valence-corrected chi connectivity index (χ3v) is 4.72. The lowest BCUT2D eigenvalue weighted by molar-refractivity contribution is -0.146. The maximum atomic E-state index is 11.3. The molecule has 2 saturated carbocycles. The van der Waals surface area contributed by atoms with E-state index in [4.69, 9.17) is 0 Å². The molecule has 0 aromatic carbocycles. The minimum Gasteiger partial charge on any atom is -0.481 e. The molecule has 1 saturated heterocycles. The van der Waals surface area contributed by atoms with E-state index in [9.17, 15) is 9.90 Å². The maximum Gasteiger partial charge on any atom is 0.308 e. The molecule has 0 aromatic heterocycles. The van der Waals surface area contributed by atoms with E-state index in [0.29, 0.717) is 17.9 Å². The summed E-state index contributed by atoms with van der Waals surface area (Å²) in [7, 11) is 0. The fourth-order valence-corrected chi connectivity index (χ4v) is 4.17. The van der Waals surface area contributed by atoms with Crippen LogP contribution in [0.1, 0.15) is 32.1 Å². The summed E-state index contributed by atoms with van der Waals surface area (Å²) in [4.78, 5) is 13.8. The van der Waals surface area contributed by atoms with Gasteiger partial charge in [-0.1, -0.05) is 0 Å². The number of hydrogen-bond acceptors (Lipinski definition) is 2. The molecule has 0 radical (unpaired) electrons. The Bertz CT molecular complexity index is 273. The first-order valence-corrected chi connectivity index (χ1v) is 6.24. The van der Waals surface area contributed by atoms with Gasteiger partial charge in [-0.15, -0.1) is 0 Å². The average molecular weight is 209 g/mol. The average Bonchev–Trinajstić information content (AvgIpc) is 2.92. The van der Waals surface area contributed by atoms with Crippen molar-refractivity contribution >= 4 is 5.97 Å². The smallest absolute Gasteiger partial charge is 0.308 e. The highest BCUT2D eigenvalue weighted by Gasteiger charge is 2.53. The molecule has 1 aliphatic heterocycles. The van der Waals surface area contributed by atoms with Gasteiger partial charge in [-0.05, 0) is 57.0 Å². The lowest BCUT2D eigenvalue weighted by Crippen LogP contribution is -2.45. The molecule has 1 N–H and O–H groups in total. The molecule has 4 unspecified atom stereocenters. The van der Waals surface area contributed by atoms with Crippen LogP contribution in [0.4, 0.5) is 0 Å². The molecule has 3 nitrogen and oxygen atoms in total. The Morgan fingerprint density at radius 1 is 1.13 bits per heavy atom. The molecule has 84 valence electrons. The van der Waals surface area contributed by atoms with Gasteiger partial charge >= 0.3 is 5.97 Å². The number of carboxylic acids is 1. The van der Waals surface area contributed by atoms with Crippen LogP contribution in [0.15, 0.2) is 0 Å². The van der Waals surface area contributed by atoms with Crippen molar-refractivity contribution < 1.29 is 9.90 Å². The molecule has 4 atom stereocenters. The lowest BCUT2D eigenvalue weighted by atomic mass is 9.83. The van der Waals surface area contributed by atoms with E-state index < -0.39 is 5.97 Å². The van der Waals surface area contributed by atoms with E-state index in [2.05, 4.69) is 4.90 Å². The zero-order chi connectivity index (χ0) is 10.4. The highest BCUT2D eigenvalue weighted by molar-refractivity contribution is 5.72. The number of rotatable bonds is 2. The molecule has 3 aliphatic rings. The van der Waals surface area contributed by atoms with E-state index in [-0.39, 0.29) is 5.92 Å². The second kappa shape index (κ2) is 3.48. The van der Waals surface area contributed by atoms with Gasteiger partial charge in [-0.3, -0.25) is 9.69 Å². The quantitative estimate of drug-likeness (QED) is 0.750. The summed E-state index contributed by atoms with van der Waals surface area (Å²) in [5.41, 5.74) is 0. The number of aliphatic carboxylic acids is 1. The van der Waals surface area contributed by atoms with Crippen molar-refractivity contribution in [3.05, 3.63) is 0 Å². The van der Waals surface area contributed by atoms with Crippen LogP contribution in [0.3, 0.4) is 0 Å². The second-order valence-electron chi connectivity index (χ2n) is 5.43. The summed E-state index contributed by atoms with van der Waals surface area (Å²) in [6.45, 7) is 2.27. The Kier molecular flexibility index (Phi) is 2.23. The lowest BCUT2D eigenvalue weighted by Gasteiger charge is -2.35. The normalized spacial score (nSPS) is 45.1. The van der Waals surface area contributed by atoms with Crippen molar-refractivity contribution in [1.82, 2.24) is 4.90 Å². The van der Waals surface area contributed by atoms with Crippen molar-refractivity contribution in [2.24, 2.45) is 17.8 Å². The molecule has 0 amide bonds. The Labute approximate surface area is 90.5 Å². The number of fused-ring (bicyclic) bond motifs is 2. The van der Waals surface area contributed by atoms with Gasteiger partial charge in [-0.25, -0.2) is 0 Å². The van der Waals surface area contributed by atoms with E-state index >= 15 is 0 Å². The topological polar surface area (TPSA) is 40.5 Å². The standard InChI is InChI=1S/C12H19NO2/c14-12(15)10-8-3-4-9(7-8)11(10)13-5-1-2-6-13/h8-11H,1-7H2,(H,14,15). The third kappa shape index (κ3) is 1.40. The van der Waals surface area contributed by atoms with Crippen LogP contribution >= 0.6 is 0 Å². The first-order valence-electron chi connectivity index (χ1n) is 6.24. The highest BCUT2D eigenvalue weighted by Crippen LogP contribution is 2.51. The maximum absolute atomic E-state index is 11.3. The summed E-state index contributed by atoms with van der Waals surface area (Å²) in [5, 5.41) is 9.34. The number of carbonyl (C=O) groups is 1. The fourth-order valence-electron chi connectivity index (χ4n) is 4.17. The van der Waals surface area contributed by atoms with Gasteiger partial charge in [0, 0.05) is 6.04 Å². The zero-order valence-electron chi connectivity index (χ0n) is 9.06. The summed E-state index contributed by atoms with van der Waals surface area (Å²) >= 11 is 0. The van der Waals surface area contributed by atoms with Crippen LogP contribution in [-0.2, 0) is 4.79 Å². The summed E-state index contributed by atoms with van der Waals surface area (Å²) < 4.78 is 0. The van der Waals surface area contributed by atoms with Crippen LogP contribution in [0.2, 0.25) is 0 Å². The first-order chi connectivity index (χ1) is 7.27. The minimum atomic E-state index is -0.542. The van der Waals surface area contributed by atoms with Crippen LogP contribution in [0.5, 0.6) is 0 Å². The van der Waals surface area contributed by atoms with Crippen LogP contribution in [0.25, 0.3) is 0 Å². The van der Waals surface area contributed by atoms with Crippen molar-refractivity contribution in [3.8, 4) is 0 Å². The van der Waals surface area contributed by atoms with E-state index in [1.165, 1.54) is 25.7 Å².